The lowest BCUT2D eigenvalue weighted by Crippen LogP contribution is -2.67. The summed E-state index contributed by atoms with van der Waals surface area (Å²) in [6.45, 7) is 2.77. The molecule has 54 heavy (non-hydrogen) atoms. The fraction of sp³-hybridized carbons (Fsp3) is 0.833. The summed E-state index contributed by atoms with van der Waals surface area (Å²) >= 11 is 0. The molecule has 11 nitrogen and oxygen atoms in total. The number of esters is 2. The second-order valence-electron chi connectivity index (χ2n) is 14.5. The first-order chi connectivity index (χ1) is 26.1. The number of carboxylic acids is 1. The van der Waals surface area contributed by atoms with Crippen LogP contribution in [0.4, 0.5) is 0 Å². The van der Waals surface area contributed by atoms with Crippen LogP contribution in [0.15, 0.2) is 24.3 Å². The van der Waals surface area contributed by atoms with Crippen LogP contribution in [0.2, 0.25) is 0 Å². The van der Waals surface area contributed by atoms with Crippen molar-refractivity contribution in [3.8, 4) is 0 Å². The maximum absolute atomic E-state index is 12.6. The Kier molecular flexibility index (Phi) is 36.4. The van der Waals surface area contributed by atoms with Gasteiger partial charge in [-0.2, -0.15) is 0 Å². The van der Waals surface area contributed by atoms with Gasteiger partial charge in [-0.05, 0) is 64.2 Å². The molecule has 316 valence electrons. The zero-order valence-electron chi connectivity index (χ0n) is 34.2. The van der Waals surface area contributed by atoms with E-state index in [0.717, 1.165) is 77.0 Å². The van der Waals surface area contributed by atoms with E-state index in [4.69, 9.17) is 19.1 Å². The van der Waals surface area contributed by atoms with Gasteiger partial charge in [0, 0.05) is 12.8 Å². The van der Waals surface area contributed by atoms with Gasteiger partial charge in [-0.15, -0.1) is 0 Å². The molecule has 0 rings (SSSR count). The van der Waals surface area contributed by atoms with Crippen molar-refractivity contribution in [3.05, 3.63) is 24.3 Å². The minimum absolute atomic E-state index is 0.144. The zero-order chi connectivity index (χ0) is 40.0. The first-order valence-corrected chi connectivity index (χ1v) is 22.9. The van der Waals surface area contributed by atoms with E-state index in [1.807, 2.05) is 0 Å². The summed E-state index contributed by atoms with van der Waals surface area (Å²) in [5.41, 5.74) is 3.30. The fourth-order valence-electron chi connectivity index (χ4n) is 5.76. The molecule has 0 amide bonds. The van der Waals surface area contributed by atoms with E-state index in [9.17, 15) is 23.8 Å². The number of hydrogen-bond acceptors (Lipinski definition) is 9. The Bertz CT molecular complexity index is 1020. The lowest BCUT2D eigenvalue weighted by atomic mass is 10.1. The molecule has 0 aromatic carbocycles. The standard InChI is InChI=1S/C42H78NO10P/c1-3-5-7-9-11-13-15-17-19-21-23-25-27-29-31-33-40(44)50-35-38(36-51-54(48,49)52-37-39(43)42(46)47)53-41(45)34-32-30-28-26-24-22-20-18-16-14-12-10-8-6-4-2/h17-20,38-39H,3-16,21-37,43H2,1-2H3,(H,46,47)(H,48,49)/b19-17-,20-18-/t38-,39?/m1/s1. The summed E-state index contributed by atoms with van der Waals surface area (Å²) in [7, 11) is -4.92. The molecule has 0 bridgehead atoms. The molecule has 0 radical (unpaired) electrons. The largest absolute Gasteiger partial charge is 0.756 e. The first kappa shape index (κ1) is 52.0. The molecule has 12 heteroatoms. The number of phosphoric ester groups is 1. The Labute approximate surface area is 328 Å². The predicted molar refractivity (Wildman–Crippen MR) is 214 cm³/mol. The molecule has 2 unspecified atom stereocenters. The monoisotopic (exact) mass is 788 g/mol. The number of phosphoric acid groups is 1. The molecule has 0 aliphatic carbocycles. The van der Waals surface area contributed by atoms with Crippen molar-refractivity contribution in [1.29, 1.82) is 0 Å². The summed E-state index contributed by atoms with van der Waals surface area (Å²) < 4.78 is 32.4. The molecule has 0 saturated carbocycles. The van der Waals surface area contributed by atoms with Gasteiger partial charge in [-0.25, -0.2) is 4.79 Å². The van der Waals surface area contributed by atoms with E-state index >= 15 is 0 Å². The van der Waals surface area contributed by atoms with Gasteiger partial charge >= 0.3 is 17.9 Å². The Morgan fingerprint density at radius 2 is 0.944 bits per heavy atom. The number of quaternary nitrogens is 1. The van der Waals surface area contributed by atoms with Gasteiger partial charge in [0.15, 0.2) is 6.10 Å². The van der Waals surface area contributed by atoms with Gasteiger partial charge in [0.1, 0.15) is 13.2 Å². The number of hydrogen-bond donors (Lipinski definition) is 2. The maximum Gasteiger partial charge on any atom is 0.364 e. The Balaban J connectivity index is 4.40. The summed E-state index contributed by atoms with van der Waals surface area (Å²) in [5.74, 6) is -2.33. The lowest BCUT2D eigenvalue weighted by Gasteiger charge is -2.25. The van der Waals surface area contributed by atoms with Crippen LogP contribution in [0.25, 0.3) is 0 Å². The third kappa shape index (κ3) is 36.9. The average molecular weight is 788 g/mol. The highest BCUT2D eigenvalue weighted by atomic mass is 31.2. The Hall–Kier alpha value is -2.04. The molecular weight excluding hydrogens is 709 g/mol. The molecule has 0 saturated heterocycles. The highest BCUT2D eigenvalue weighted by molar-refractivity contribution is 7.45. The molecule has 0 aliphatic heterocycles. The van der Waals surface area contributed by atoms with Crippen LogP contribution < -0.4 is 10.6 Å². The van der Waals surface area contributed by atoms with Crippen LogP contribution in [0.5, 0.6) is 0 Å². The van der Waals surface area contributed by atoms with Crippen LogP contribution in [-0.2, 0) is 37.5 Å². The lowest BCUT2D eigenvalue weighted by molar-refractivity contribution is -0.413. The van der Waals surface area contributed by atoms with Gasteiger partial charge in [0.25, 0.3) is 7.82 Å². The molecule has 0 aromatic rings. The van der Waals surface area contributed by atoms with E-state index in [1.54, 1.807) is 0 Å². The van der Waals surface area contributed by atoms with E-state index in [-0.39, 0.29) is 19.4 Å². The maximum atomic E-state index is 12.6. The normalized spacial score (nSPS) is 14.0. The van der Waals surface area contributed by atoms with Gasteiger partial charge < -0.3 is 34.3 Å². The molecule has 0 spiro atoms. The zero-order valence-corrected chi connectivity index (χ0v) is 35.1. The number of ether oxygens (including phenoxy) is 2. The van der Waals surface area contributed by atoms with Crippen LogP contribution in [0.3, 0.4) is 0 Å². The van der Waals surface area contributed by atoms with Gasteiger partial charge in [-0.1, -0.05) is 141 Å². The first-order valence-electron chi connectivity index (χ1n) is 21.4. The summed E-state index contributed by atoms with van der Waals surface area (Å²) in [4.78, 5) is 48.1. The van der Waals surface area contributed by atoms with Gasteiger partial charge in [0.05, 0.1) is 6.61 Å². The van der Waals surface area contributed by atoms with Crippen molar-refractivity contribution >= 4 is 25.7 Å². The van der Waals surface area contributed by atoms with E-state index in [0.29, 0.717) is 12.8 Å². The summed E-state index contributed by atoms with van der Waals surface area (Å²) in [5, 5.41) is 8.92. The van der Waals surface area contributed by atoms with Crippen molar-refractivity contribution in [1.82, 2.24) is 0 Å². The molecule has 0 aromatic heterocycles. The van der Waals surface area contributed by atoms with E-state index in [1.165, 1.54) is 77.0 Å². The van der Waals surface area contributed by atoms with Crippen molar-refractivity contribution in [2.24, 2.45) is 0 Å². The highest BCUT2D eigenvalue weighted by Gasteiger charge is 2.23. The van der Waals surface area contributed by atoms with Crippen LogP contribution in [0, 0.1) is 0 Å². The number of allylic oxidation sites excluding steroid dienone is 4. The minimum Gasteiger partial charge on any atom is -0.756 e. The third-order valence-corrected chi connectivity index (χ3v) is 10.1. The van der Waals surface area contributed by atoms with Crippen LogP contribution in [-0.4, -0.2) is 55.0 Å². The minimum atomic E-state index is -4.92. The Morgan fingerprint density at radius 3 is 1.37 bits per heavy atom. The van der Waals surface area contributed by atoms with Crippen molar-refractivity contribution in [2.75, 3.05) is 19.8 Å². The molecule has 3 atom stereocenters. The molecule has 4 N–H and O–H groups in total. The molecule has 0 aliphatic rings. The number of carboxylic acid groups (broad SMARTS) is 1. The van der Waals surface area contributed by atoms with Crippen molar-refractivity contribution in [3.63, 3.8) is 0 Å². The third-order valence-electron chi connectivity index (χ3n) is 9.22. The Morgan fingerprint density at radius 1 is 0.574 bits per heavy atom. The molecule has 0 heterocycles. The topological polar surface area (TPSA) is 176 Å². The van der Waals surface area contributed by atoms with Gasteiger partial charge in [0.2, 0.25) is 6.04 Å². The number of rotatable bonds is 40. The number of unbranched alkanes of at least 4 members (excludes halogenated alkanes) is 22. The number of carbonyl (C=O) groups is 3. The highest BCUT2D eigenvalue weighted by Crippen LogP contribution is 2.38. The summed E-state index contributed by atoms with van der Waals surface area (Å²) in [6.07, 6.45) is 38.0. The molecular formula is C42H78NO10P. The predicted octanol–water partition coefficient (Wildman–Crippen LogP) is 9.71. The van der Waals surface area contributed by atoms with Gasteiger partial charge in [-0.3, -0.25) is 14.2 Å². The smallest absolute Gasteiger partial charge is 0.364 e. The SMILES string of the molecule is CCCCCCCC/C=C\CCCCCCCC(=O)OC[C@H](COP(=O)([O-])OCC([NH3+])C(=O)O)OC(=O)CCCCCCC/C=C\CCCCCCCC. The van der Waals surface area contributed by atoms with E-state index < -0.39 is 51.1 Å². The quantitative estimate of drug-likeness (QED) is 0.0263. The van der Waals surface area contributed by atoms with Crippen LogP contribution in [0.1, 0.15) is 194 Å². The molecule has 0 fully saturated rings. The van der Waals surface area contributed by atoms with Crippen LogP contribution >= 0.6 is 7.82 Å². The van der Waals surface area contributed by atoms with E-state index in [2.05, 4.69) is 48.4 Å². The van der Waals surface area contributed by atoms with Crippen molar-refractivity contribution < 1.29 is 53.2 Å². The second-order valence-corrected chi connectivity index (χ2v) is 15.9. The van der Waals surface area contributed by atoms with Crippen molar-refractivity contribution in [2.45, 2.75) is 206 Å². The summed E-state index contributed by atoms with van der Waals surface area (Å²) in [6, 6.07) is -1.31. The number of aliphatic carboxylic acids is 1. The number of carbonyl (C=O) groups excluding carboxylic acids is 2. The second kappa shape index (κ2) is 37.9. The average Bonchev–Trinajstić information content (AvgIpc) is 3.14. The fourth-order valence-corrected chi connectivity index (χ4v) is 6.55.